The van der Waals surface area contributed by atoms with Crippen LogP contribution in [0.4, 0.5) is 0 Å². The number of ether oxygens (including phenoxy) is 1. The van der Waals surface area contributed by atoms with E-state index in [9.17, 15) is 5.11 Å². The maximum absolute atomic E-state index is 9.82. The molecule has 0 spiro atoms. The molecule has 0 aliphatic heterocycles. The minimum Gasteiger partial charge on any atom is -0.508 e. The van der Waals surface area contributed by atoms with Gasteiger partial charge in [0.2, 0.25) is 0 Å². The summed E-state index contributed by atoms with van der Waals surface area (Å²) in [5.74, 6) is 0.380. The number of phenols is 1. The van der Waals surface area contributed by atoms with Crippen LogP contribution in [0.5, 0.6) is 5.75 Å². The first-order valence-electron chi connectivity index (χ1n) is 12.6. The third-order valence-electron chi connectivity index (χ3n) is 5.90. The summed E-state index contributed by atoms with van der Waals surface area (Å²) >= 11 is 0. The largest absolute Gasteiger partial charge is 0.508 e. The van der Waals surface area contributed by atoms with Gasteiger partial charge in [-0.15, -0.1) is 0 Å². The lowest BCUT2D eigenvalue weighted by atomic mass is 10.0. The second kappa shape index (κ2) is 19.0. The number of rotatable bonds is 20. The Morgan fingerprint density at radius 3 is 1.62 bits per heavy atom. The third kappa shape index (κ3) is 15.5. The maximum Gasteiger partial charge on any atom is 0.118 e. The van der Waals surface area contributed by atoms with E-state index in [1.807, 2.05) is 18.2 Å². The average molecular weight is 405 g/mol. The molecule has 1 unspecified atom stereocenters. The van der Waals surface area contributed by atoms with Crippen LogP contribution in [0, 0.1) is 0 Å². The van der Waals surface area contributed by atoms with Crippen LogP contribution in [-0.4, -0.2) is 17.8 Å². The van der Waals surface area contributed by atoms with Crippen LogP contribution >= 0.6 is 0 Å². The zero-order valence-corrected chi connectivity index (χ0v) is 19.5. The minimum absolute atomic E-state index is 0.166. The van der Waals surface area contributed by atoms with Gasteiger partial charge in [-0.3, -0.25) is 0 Å². The first-order valence-corrected chi connectivity index (χ1v) is 12.6. The van der Waals surface area contributed by atoms with Crippen LogP contribution in [0.15, 0.2) is 24.3 Å². The zero-order valence-electron chi connectivity index (χ0n) is 19.5. The van der Waals surface area contributed by atoms with Gasteiger partial charge in [-0.25, -0.2) is 0 Å². The quantitative estimate of drug-likeness (QED) is 0.220. The Kier molecular flexibility index (Phi) is 17.0. The van der Waals surface area contributed by atoms with Crippen molar-refractivity contribution in [3.8, 4) is 5.75 Å². The maximum atomic E-state index is 9.82. The smallest absolute Gasteiger partial charge is 0.118 e. The third-order valence-corrected chi connectivity index (χ3v) is 5.90. The Morgan fingerprint density at radius 1 is 0.690 bits per heavy atom. The Hall–Kier alpha value is -1.02. The van der Waals surface area contributed by atoms with E-state index in [4.69, 9.17) is 4.74 Å². The molecule has 1 N–H and O–H groups in total. The number of aromatic hydroxyl groups is 1. The Morgan fingerprint density at radius 2 is 1.14 bits per heavy atom. The number of benzene rings is 1. The molecule has 0 saturated heterocycles. The molecule has 0 saturated carbocycles. The van der Waals surface area contributed by atoms with Crippen molar-refractivity contribution in [2.24, 2.45) is 0 Å². The molecule has 0 aliphatic carbocycles. The number of para-hydroxylation sites is 1. The van der Waals surface area contributed by atoms with E-state index in [0.717, 1.165) is 25.0 Å². The Bertz CT molecular complexity index is 471. The minimum atomic E-state index is 0.166. The SMILES string of the molecule is CCCCCCCCCCCCCCCCCCOC(C)Cc1ccccc1O. The molecule has 0 fully saturated rings. The van der Waals surface area contributed by atoms with Gasteiger partial charge in [-0.2, -0.15) is 0 Å². The highest BCUT2D eigenvalue weighted by Gasteiger charge is 2.07. The number of unbranched alkanes of at least 4 members (excludes halogenated alkanes) is 15. The Labute approximate surface area is 181 Å². The molecule has 1 rings (SSSR count). The summed E-state index contributed by atoms with van der Waals surface area (Å²) in [6.45, 7) is 5.23. The van der Waals surface area contributed by atoms with Crippen molar-refractivity contribution in [1.82, 2.24) is 0 Å². The predicted octanol–water partition coefficient (Wildman–Crippen LogP) is 8.60. The lowest BCUT2D eigenvalue weighted by molar-refractivity contribution is 0.0631. The molecule has 2 nitrogen and oxygen atoms in total. The second-order valence-corrected chi connectivity index (χ2v) is 8.82. The van der Waals surface area contributed by atoms with Crippen LogP contribution in [0.2, 0.25) is 0 Å². The van der Waals surface area contributed by atoms with Crippen molar-refractivity contribution in [2.75, 3.05) is 6.61 Å². The molecule has 0 radical (unpaired) electrons. The van der Waals surface area contributed by atoms with Gasteiger partial charge < -0.3 is 9.84 Å². The molecule has 0 bridgehead atoms. The van der Waals surface area contributed by atoms with Gasteiger partial charge in [0.1, 0.15) is 5.75 Å². The average Bonchev–Trinajstić information content (AvgIpc) is 2.72. The number of phenolic OH excluding ortho intramolecular Hbond substituents is 1. The van der Waals surface area contributed by atoms with E-state index in [1.165, 1.54) is 96.3 Å². The van der Waals surface area contributed by atoms with E-state index >= 15 is 0 Å². The summed E-state index contributed by atoms with van der Waals surface area (Å²) in [4.78, 5) is 0. The van der Waals surface area contributed by atoms with Crippen LogP contribution in [0.1, 0.15) is 122 Å². The fraction of sp³-hybridized carbons (Fsp3) is 0.778. The van der Waals surface area contributed by atoms with Crippen molar-refractivity contribution in [2.45, 2.75) is 129 Å². The lowest BCUT2D eigenvalue weighted by Crippen LogP contribution is -2.12. The molecule has 1 aromatic carbocycles. The number of hydrogen-bond donors (Lipinski definition) is 1. The number of hydrogen-bond acceptors (Lipinski definition) is 2. The lowest BCUT2D eigenvalue weighted by Gasteiger charge is -2.14. The second-order valence-electron chi connectivity index (χ2n) is 8.82. The standard InChI is InChI=1S/C27H48O2/c1-3-4-5-6-7-8-9-10-11-12-13-14-15-16-17-20-23-29-25(2)24-26-21-18-19-22-27(26)28/h18-19,21-22,25,28H,3-17,20,23-24H2,1-2H3. The summed E-state index contributed by atoms with van der Waals surface area (Å²) in [6.07, 6.45) is 23.3. The van der Waals surface area contributed by atoms with Crippen LogP contribution < -0.4 is 0 Å². The van der Waals surface area contributed by atoms with Gasteiger partial charge in [0.25, 0.3) is 0 Å². The van der Waals surface area contributed by atoms with Gasteiger partial charge in [-0.05, 0) is 25.0 Å². The summed E-state index contributed by atoms with van der Waals surface area (Å²) in [5, 5.41) is 9.82. The topological polar surface area (TPSA) is 29.5 Å². The first kappa shape index (κ1) is 26.0. The van der Waals surface area contributed by atoms with Crippen molar-refractivity contribution in [3.05, 3.63) is 29.8 Å². The summed E-state index contributed by atoms with van der Waals surface area (Å²) in [5.41, 5.74) is 0.979. The molecule has 0 aromatic heterocycles. The van der Waals surface area contributed by atoms with Crippen LogP contribution in [0.3, 0.4) is 0 Å². The van der Waals surface area contributed by atoms with Crippen molar-refractivity contribution < 1.29 is 9.84 Å². The molecule has 0 heterocycles. The fourth-order valence-corrected chi connectivity index (χ4v) is 3.99. The van der Waals surface area contributed by atoms with E-state index in [2.05, 4.69) is 13.8 Å². The van der Waals surface area contributed by atoms with E-state index in [0.29, 0.717) is 5.75 Å². The highest BCUT2D eigenvalue weighted by molar-refractivity contribution is 5.32. The molecule has 1 atom stereocenters. The highest BCUT2D eigenvalue weighted by Crippen LogP contribution is 2.18. The van der Waals surface area contributed by atoms with Gasteiger partial charge in [0.05, 0.1) is 6.10 Å². The van der Waals surface area contributed by atoms with E-state index in [1.54, 1.807) is 6.07 Å². The molecule has 29 heavy (non-hydrogen) atoms. The molecule has 1 aromatic rings. The molecule has 0 aliphatic rings. The first-order chi connectivity index (χ1) is 14.2. The van der Waals surface area contributed by atoms with Crippen LogP contribution in [-0.2, 0) is 11.2 Å². The normalized spacial score (nSPS) is 12.3. The molecule has 0 amide bonds. The fourth-order valence-electron chi connectivity index (χ4n) is 3.99. The molecular formula is C27H48O2. The summed E-state index contributed by atoms with van der Waals surface area (Å²) < 4.78 is 5.91. The van der Waals surface area contributed by atoms with Gasteiger partial charge in [0, 0.05) is 13.0 Å². The van der Waals surface area contributed by atoms with Gasteiger partial charge in [-0.1, -0.05) is 121 Å². The van der Waals surface area contributed by atoms with Crippen molar-refractivity contribution in [3.63, 3.8) is 0 Å². The van der Waals surface area contributed by atoms with E-state index < -0.39 is 0 Å². The van der Waals surface area contributed by atoms with Crippen molar-refractivity contribution in [1.29, 1.82) is 0 Å². The zero-order chi connectivity index (χ0) is 21.0. The predicted molar refractivity (Wildman–Crippen MR) is 127 cm³/mol. The van der Waals surface area contributed by atoms with Gasteiger partial charge >= 0.3 is 0 Å². The summed E-state index contributed by atoms with van der Waals surface area (Å²) in [7, 11) is 0. The van der Waals surface area contributed by atoms with E-state index in [-0.39, 0.29) is 6.10 Å². The van der Waals surface area contributed by atoms with Crippen LogP contribution in [0.25, 0.3) is 0 Å². The monoisotopic (exact) mass is 404 g/mol. The van der Waals surface area contributed by atoms with Gasteiger partial charge in [0.15, 0.2) is 0 Å². The molecular weight excluding hydrogens is 356 g/mol. The summed E-state index contributed by atoms with van der Waals surface area (Å²) in [6, 6.07) is 7.56. The van der Waals surface area contributed by atoms with Crippen molar-refractivity contribution >= 4 is 0 Å². The molecule has 2 heteroatoms. The highest BCUT2D eigenvalue weighted by atomic mass is 16.5. The Balaban J connectivity index is 1.78. The molecule has 168 valence electrons.